The number of carbonyl (C=O) groups is 2. The van der Waals surface area contributed by atoms with Crippen molar-refractivity contribution in [3.8, 4) is 5.75 Å². The summed E-state index contributed by atoms with van der Waals surface area (Å²) in [5.41, 5.74) is 2.51. The van der Waals surface area contributed by atoms with E-state index in [0.717, 1.165) is 12.0 Å². The molecule has 0 bridgehead atoms. The van der Waals surface area contributed by atoms with Gasteiger partial charge in [0.2, 0.25) is 0 Å². The molecule has 0 fully saturated rings. The first-order valence-corrected chi connectivity index (χ1v) is 9.64. The molecule has 4 rings (SSSR count). The Balaban J connectivity index is 1.65. The maximum atomic E-state index is 11.6. The zero-order chi connectivity index (χ0) is 20.5. The molecular weight excluding hydrogens is 394 g/mol. The Morgan fingerprint density at radius 1 is 1.21 bits per heavy atom. The molecule has 3 atom stereocenters. The van der Waals surface area contributed by atoms with Gasteiger partial charge in [-0.05, 0) is 41.7 Å². The monoisotopic (exact) mass is 412 g/mol. The molecule has 2 aromatic rings. The first-order valence-electron chi connectivity index (χ1n) is 9.26. The maximum Gasteiger partial charge on any atom is 0.343 e. The smallest absolute Gasteiger partial charge is 0.343 e. The molecule has 0 spiro atoms. The number of rotatable bonds is 5. The standard InChI is InChI=1S/C22H20ClNO5/c1-28-18(25)11-29-13-7-5-12(6-8-13)20-15-4-2-3-14(15)19-16(22(26)27)9-10-17(23)21(19)24-20/h2-3,5-10,14-15,20,24H,4,11H2,1H3,(H,26,27)/p-1/t14-,15-,20-/m0/s1. The number of benzene rings is 2. The van der Waals surface area contributed by atoms with Crippen LogP contribution in [0.15, 0.2) is 48.6 Å². The normalized spacial score (nSPS) is 21.7. The van der Waals surface area contributed by atoms with Crippen molar-refractivity contribution in [1.29, 1.82) is 0 Å². The SMILES string of the molecule is COC(=O)COc1ccc([C@@H]2Nc3c(Cl)ccc(C(=O)[O-])c3[C@H]3C=CC[C@@H]32)cc1. The lowest BCUT2D eigenvalue weighted by Crippen LogP contribution is -2.33. The number of anilines is 1. The quantitative estimate of drug-likeness (QED) is 0.599. The van der Waals surface area contributed by atoms with Crippen LogP contribution in [0.2, 0.25) is 5.02 Å². The molecular formula is C22H19ClNO5-. The largest absolute Gasteiger partial charge is 0.545 e. The van der Waals surface area contributed by atoms with Crippen LogP contribution in [0.5, 0.6) is 5.75 Å². The minimum absolute atomic E-state index is 0.0494. The minimum Gasteiger partial charge on any atom is -0.545 e. The summed E-state index contributed by atoms with van der Waals surface area (Å²) in [6.07, 6.45) is 4.95. The van der Waals surface area contributed by atoms with Crippen LogP contribution in [0, 0.1) is 5.92 Å². The molecule has 0 amide bonds. The van der Waals surface area contributed by atoms with Crippen molar-refractivity contribution < 1.29 is 24.2 Å². The number of allylic oxidation sites excluding steroid dienone is 2. The van der Waals surface area contributed by atoms with Gasteiger partial charge in [0, 0.05) is 11.5 Å². The Labute approximate surface area is 173 Å². The molecule has 29 heavy (non-hydrogen) atoms. The zero-order valence-corrected chi connectivity index (χ0v) is 16.4. The molecule has 2 aliphatic rings. The molecule has 1 aliphatic carbocycles. The van der Waals surface area contributed by atoms with Gasteiger partial charge >= 0.3 is 5.97 Å². The van der Waals surface area contributed by atoms with Crippen LogP contribution in [0.4, 0.5) is 5.69 Å². The summed E-state index contributed by atoms with van der Waals surface area (Å²) in [6.45, 7) is -0.152. The number of nitrogens with one attached hydrogen (secondary N) is 1. The van der Waals surface area contributed by atoms with Gasteiger partial charge in [0.25, 0.3) is 0 Å². The summed E-state index contributed by atoms with van der Waals surface area (Å²) in [5.74, 6) is -0.991. The van der Waals surface area contributed by atoms with E-state index in [0.29, 0.717) is 22.0 Å². The van der Waals surface area contributed by atoms with Crippen LogP contribution in [0.1, 0.15) is 39.9 Å². The number of fused-ring (bicyclic) bond motifs is 3. The first-order chi connectivity index (χ1) is 14.0. The van der Waals surface area contributed by atoms with Gasteiger partial charge in [0.15, 0.2) is 6.61 Å². The lowest BCUT2D eigenvalue weighted by Gasteiger charge is -2.39. The van der Waals surface area contributed by atoms with Gasteiger partial charge in [0.05, 0.1) is 29.8 Å². The second kappa shape index (κ2) is 7.79. The van der Waals surface area contributed by atoms with Crippen LogP contribution >= 0.6 is 11.6 Å². The molecule has 0 unspecified atom stereocenters. The average molecular weight is 413 g/mol. The molecule has 0 aromatic heterocycles. The van der Waals surface area contributed by atoms with Gasteiger partial charge in [-0.15, -0.1) is 0 Å². The van der Waals surface area contributed by atoms with Crippen LogP contribution in [-0.2, 0) is 9.53 Å². The first kappa shape index (κ1) is 19.3. The van der Waals surface area contributed by atoms with E-state index in [4.69, 9.17) is 16.3 Å². The fraction of sp³-hybridized carbons (Fsp3) is 0.273. The second-order valence-electron chi connectivity index (χ2n) is 7.08. The second-order valence-corrected chi connectivity index (χ2v) is 7.49. The lowest BCUT2D eigenvalue weighted by molar-refractivity contribution is -0.255. The van der Waals surface area contributed by atoms with Gasteiger partial charge in [-0.3, -0.25) is 0 Å². The molecule has 2 aromatic carbocycles. The highest BCUT2D eigenvalue weighted by molar-refractivity contribution is 6.33. The van der Waals surface area contributed by atoms with Crippen molar-refractivity contribution in [2.45, 2.75) is 18.4 Å². The third-order valence-electron chi connectivity index (χ3n) is 5.51. The summed E-state index contributed by atoms with van der Waals surface area (Å²) >= 11 is 6.41. The molecule has 0 radical (unpaired) electrons. The number of hydrogen-bond acceptors (Lipinski definition) is 6. The summed E-state index contributed by atoms with van der Waals surface area (Å²) in [5, 5.41) is 15.6. The van der Waals surface area contributed by atoms with E-state index < -0.39 is 11.9 Å². The Bertz CT molecular complexity index is 985. The molecule has 1 aliphatic heterocycles. The molecule has 0 saturated carbocycles. The average Bonchev–Trinajstić information content (AvgIpc) is 3.22. The summed E-state index contributed by atoms with van der Waals surface area (Å²) in [6, 6.07) is 10.5. The maximum absolute atomic E-state index is 11.6. The van der Waals surface area contributed by atoms with Crippen LogP contribution < -0.4 is 15.2 Å². The Hall–Kier alpha value is -2.99. The molecule has 150 valence electrons. The van der Waals surface area contributed by atoms with Gasteiger partial charge < -0.3 is 24.7 Å². The number of esters is 1. The topological polar surface area (TPSA) is 87.7 Å². The Morgan fingerprint density at radius 3 is 2.66 bits per heavy atom. The zero-order valence-electron chi connectivity index (χ0n) is 15.7. The number of ether oxygens (including phenoxy) is 2. The van der Waals surface area contributed by atoms with Crippen molar-refractivity contribution in [2.75, 3.05) is 19.0 Å². The highest BCUT2D eigenvalue weighted by Crippen LogP contribution is 2.52. The van der Waals surface area contributed by atoms with Crippen molar-refractivity contribution in [3.05, 3.63) is 70.3 Å². The van der Waals surface area contributed by atoms with Crippen LogP contribution in [0.25, 0.3) is 0 Å². The summed E-state index contributed by atoms with van der Waals surface area (Å²) in [4.78, 5) is 22.9. The van der Waals surface area contributed by atoms with Crippen molar-refractivity contribution >= 4 is 29.2 Å². The van der Waals surface area contributed by atoms with Gasteiger partial charge in [0.1, 0.15) is 5.75 Å². The number of halogens is 1. The number of aromatic carboxylic acids is 1. The summed E-state index contributed by atoms with van der Waals surface area (Å²) < 4.78 is 9.97. The fourth-order valence-corrected chi connectivity index (χ4v) is 4.37. The Morgan fingerprint density at radius 2 is 1.97 bits per heavy atom. The van der Waals surface area contributed by atoms with E-state index >= 15 is 0 Å². The fourth-order valence-electron chi connectivity index (χ4n) is 4.15. The van der Waals surface area contributed by atoms with Crippen LogP contribution in [0.3, 0.4) is 0 Å². The highest BCUT2D eigenvalue weighted by Gasteiger charge is 2.40. The number of carboxylic acids is 1. The lowest BCUT2D eigenvalue weighted by atomic mass is 9.75. The number of methoxy groups -OCH3 is 1. The molecule has 0 saturated heterocycles. The van der Waals surface area contributed by atoms with Crippen LogP contribution in [-0.4, -0.2) is 25.7 Å². The van der Waals surface area contributed by atoms with E-state index in [1.165, 1.54) is 13.2 Å². The van der Waals surface area contributed by atoms with Crippen molar-refractivity contribution in [2.24, 2.45) is 5.92 Å². The number of carbonyl (C=O) groups excluding carboxylic acids is 2. The van der Waals surface area contributed by atoms with Crippen molar-refractivity contribution in [3.63, 3.8) is 0 Å². The molecule has 6 nitrogen and oxygen atoms in total. The number of carboxylic acid groups (broad SMARTS) is 1. The van der Waals surface area contributed by atoms with Gasteiger partial charge in [-0.25, -0.2) is 4.79 Å². The molecule has 1 N–H and O–H groups in total. The number of hydrogen-bond donors (Lipinski definition) is 1. The van der Waals surface area contributed by atoms with Gasteiger partial charge in [-0.1, -0.05) is 42.0 Å². The summed E-state index contributed by atoms with van der Waals surface area (Å²) in [7, 11) is 1.31. The molecule has 1 heterocycles. The third-order valence-corrected chi connectivity index (χ3v) is 5.83. The van der Waals surface area contributed by atoms with Gasteiger partial charge in [-0.2, -0.15) is 0 Å². The van der Waals surface area contributed by atoms with E-state index in [-0.39, 0.29) is 30.0 Å². The van der Waals surface area contributed by atoms with E-state index in [9.17, 15) is 14.7 Å². The molecule has 7 heteroatoms. The predicted molar refractivity (Wildman–Crippen MR) is 106 cm³/mol. The third kappa shape index (κ3) is 3.56. The predicted octanol–water partition coefficient (Wildman–Crippen LogP) is 3.08. The van der Waals surface area contributed by atoms with E-state index in [2.05, 4.69) is 16.1 Å². The minimum atomic E-state index is -1.20. The highest BCUT2D eigenvalue weighted by atomic mass is 35.5. The van der Waals surface area contributed by atoms with Crippen molar-refractivity contribution in [1.82, 2.24) is 0 Å². The Kier molecular flexibility index (Phi) is 5.20. The van der Waals surface area contributed by atoms with E-state index in [1.54, 1.807) is 18.2 Å². The van der Waals surface area contributed by atoms with E-state index in [1.807, 2.05) is 18.2 Å².